The van der Waals surface area contributed by atoms with Crippen molar-refractivity contribution in [1.82, 2.24) is 14.3 Å². The van der Waals surface area contributed by atoms with E-state index in [4.69, 9.17) is 4.74 Å². The van der Waals surface area contributed by atoms with Crippen LogP contribution in [0, 0.1) is 0 Å². The Morgan fingerprint density at radius 3 is 2.76 bits per heavy atom. The third-order valence-electron chi connectivity index (χ3n) is 3.80. The summed E-state index contributed by atoms with van der Waals surface area (Å²) in [6, 6.07) is 7.61. The lowest BCUT2D eigenvalue weighted by Crippen LogP contribution is -2.22. The molecular formula is C17H18N4O3S. The van der Waals surface area contributed by atoms with Gasteiger partial charge >= 0.3 is 5.97 Å². The number of fused-ring (bicyclic) bond motifs is 1. The predicted molar refractivity (Wildman–Crippen MR) is 94.3 cm³/mol. The molecule has 0 saturated heterocycles. The van der Waals surface area contributed by atoms with Gasteiger partial charge in [-0.3, -0.25) is 14.3 Å². The standard InChI is InChI=1S/C17H18N4O3S/c1-4-11-5-6-13-14(9-11)25-17(21(13)10-15(22)24-3)18-16(23)12-7-8-20(2)19-12/h5-9H,4,10H2,1-3H3. The Morgan fingerprint density at radius 2 is 2.12 bits per heavy atom. The first-order valence-corrected chi connectivity index (χ1v) is 8.61. The fourth-order valence-corrected chi connectivity index (χ4v) is 3.53. The van der Waals surface area contributed by atoms with Gasteiger partial charge in [-0.15, -0.1) is 0 Å². The Hall–Kier alpha value is -2.74. The number of esters is 1. The van der Waals surface area contributed by atoms with E-state index in [1.54, 1.807) is 28.6 Å². The van der Waals surface area contributed by atoms with Gasteiger partial charge in [-0.05, 0) is 30.2 Å². The van der Waals surface area contributed by atoms with Crippen molar-refractivity contribution in [2.75, 3.05) is 7.11 Å². The number of benzene rings is 1. The number of hydrogen-bond donors (Lipinski definition) is 0. The van der Waals surface area contributed by atoms with E-state index < -0.39 is 11.9 Å². The first kappa shape index (κ1) is 17.1. The number of amides is 1. The van der Waals surface area contributed by atoms with Gasteiger partial charge in [0.1, 0.15) is 6.54 Å². The molecule has 0 aliphatic rings. The van der Waals surface area contributed by atoms with Gasteiger partial charge in [0.25, 0.3) is 5.91 Å². The van der Waals surface area contributed by atoms with Crippen molar-refractivity contribution < 1.29 is 14.3 Å². The highest BCUT2D eigenvalue weighted by atomic mass is 32.1. The molecule has 3 aromatic rings. The maximum Gasteiger partial charge on any atom is 0.325 e. The molecule has 0 atom stereocenters. The second-order valence-corrected chi connectivity index (χ2v) is 6.50. The van der Waals surface area contributed by atoms with Crippen molar-refractivity contribution >= 4 is 33.4 Å². The highest BCUT2D eigenvalue weighted by Crippen LogP contribution is 2.20. The van der Waals surface area contributed by atoms with Crippen molar-refractivity contribution in [2.24, 2.45) is 12.0 Å². The maximum absolute atomic E-state index is 12.4. The minimum atomic E-state index is -0.443. The van der Waals surface area contributed by atoms with Crippen molar-refractivity contribution in [3.8, 4) is 0 Å². The number of thiazole rings is 1. The number of carbonyl (C=O) groups excluding carboxylic acids is 2. The van der Waals surface area contributed by atoms with E-state index in [0.29, 0.717) is 4.80 Å². The molecule has 0 spiro atoms. The molecule has 130 valence electrons. The monoisotopic (exact) mass is 358 g/mol. The SMILES string of the molecule is CCc1ccc2c(c1)sc(=NC(=O)c1ccn(C)n1)n2CC(=O)OC. The van der Waals surface area contributed by atoms with Gasteiger partial charge in [0.05, 0.1) is 17.3 Å². The zero-order chi connectivity index (χ0) is 18.0. The van der Waals surface area contributed by atoms with Gasteiger partial charge in [-0.25, -0.2) is 0 Å². The molecule has 0 unspecified atom stereocenters. The van der Waals surface area contributed by atoms with Gasteiger partial charge in [0.2, 0.25) is 0 Å². The van der Waals surface area contributed by atoms with Crippen molar-refractivity contribution in [1.29, 1.82) is 0 Å². The lowest BCUT2D eigenvalue weighted by molar-refractivity contribution is -0.141. The van der Waals surface area contributed by atoms with Crippen LogP contribution in [-0.2, 0) is 29.5 Å². The molecule has 0 saturated carbocycles. The average molecular weight is 358 g/mol. The smallest absolute Gasteiger partial charge is 0.325 e. The summed E-state index contributed by atoms with van der Waals surface area (Å²) >= 11 is 1.37. The lowest BCUT2D eigenvalue weighted by Gasteiger charge is -2.04. The van der Waals surface area contributed by atoms with E-state index >= 15 is 0 Å². The molecule has 0 aliphatic heterocycles. The Morgan fingerprint density at radius 1 is 1.32 bits per heavy atom. The van der Waals surface area contributed by atoms with Crippen LogP contribution in [0.2, 0.25) is 0 Å². The van der Waals surface area contributed by atoms with E-state index in [9.17, 15) is 9.59 Å². The van der Waals surface area contributed by atoms with Crippen LogP contribution in [0.1, 0.15) is 23.0 Å². The number of ether oxygens (including phenoxy) is 1. The fraction of sp³-hybridized carbons (Fsp3) is 0.294. The van der Waals surface area contributed by atoms with Crippen LogP contribution in [0.5, 0.6) is 0 Å². The highest BCUT2D eigenvalue weighted by Gasteiger charge is 2.13. The van der Waals surface area contributed by atoms with Crippen LogP contribution in [0.3, 0.4) is 0 Å². The molecule has 0 N–H and O–H groups in total. The summed E-state index contributed by atoms with van der Waals surface area (Å²) < 4.78 is 8.98. The molecule has 0 aliphatic carbocycles. The number of hydrogen-bond acceptors (Lipinski definition) is 5. The number of carbonyl (C=O) groups is 2. The van der Waals surface area contributed by atoms with Crippen LogP contribution in [-0.4, -0.2) is 33.3 Å². The van der Waals surface area contributed by atoms with E-state index in [1.165, 1.54) is 24.0 Å². The summed E-state index contributed by atoms with van der Waals surface area (Å²) in [5.74, 6) is -0.840. The van der Waals surface area contributed by atoms with E-state index in [1.807, 2.05) is 12.1 Å². The summed E-state index contributed by atoms with van der Waals surface area (Å²) in [6.07, 6.45) is 2.59. The second-order valence-electron chi connectivity index (χ2n) is 5.49. The molecule has 7 nitrogen and oxygen atoms in total. The molecule has 1 amide bonds. The first-order valence-electron chi connectivity index (χ1n) is 7.79. The van der Waals surface area contributed by atoms with Gasteiger partial charge < -0.3 is 9.30 Å². The van der Waals surface area contributed by atoms with Crippen LogP contribution in [0.4, 0.5) is 0 Å². The Bertz CT molecular complexity index is 1010. The van der Waals surface area contributed by atoms with E-state index in [2.05, 4.69) is 23.1 Å². The van der Waals surface area contributed by atoms with Crippen LogP contribution < -0.4 is 4.80 Å². The topological polar surface area (TPSA) is 78.5 Å². The number of nitrogens with zero attached hydrogens (tertiary/aromatic N) is 4. The number of aryl methyl sites for hydroxylation is 2. The van der Waals surface area contributed by atoms with Crippen molar-refractivity contribution in [3.05, 3.63) is 46.5 Å². The third kappa shape index (κ3) is 3.53. The molecule has 8 heteroatoms. The quantitative estimate of drug-likeness (QED) is 0.668. The molecule has 25 heavy (non-hydrogen) atoms. The molecule has 1 aromatic carbocycles. The molecular weight excluding hydrogens is 340 g/mol. The van der Waals surface area contributed by atoms with Crippen LogP contribution >= 0.6 is 11.3 Å². The summed E-state index contributed by atoms with van der Waals surface area (Å²) in [4.78, 5) is 28.8. The van der Waals surface area contributed by atoms with Gasteiger partial charge in [-0.1, -0.05) is 24.3 Å². The molecule has 0 radical (unpaired) electrons. The molecule has 2 heterocycles. The van der Waals surface area contributed by atoms with Gasteiger partial charge in [-0.2, -0.15) is 10.1 Å². The zero-order valence-corrected chi connectivity index (χ0v) is 15.0. The third-order valence-corrected chi connectivity index (χ3v) is 4.84. The largest absolute Gasteiger partial charge is 0.468 e. The number of methoxy groups -OCH3 is 1. The number of aromatic nitrogens is 3. The molecule has 3 rings (SSSR count). The maximum atomic E-state index is 12.4. The first-order chi connectivity index (χ1) is 12.0. The van der Waals surface area contributed by atoms with Gasteiger partial charge in [0, 0.05) is 13.2 Å². The minimum Gasteiger partial charge on any atom is -0.468 e. The summed E-state index contributed by atoms with van der Waals surface area (Å²) in [7, 11) is 3.07. The van der Waals surface area contributed by atoms with Crippen LogP contribution in [0.15, 0.2) is 35.5 Å². The van der Waals surface area contributed by atoms with Crippen molar-refractivity contribution in [3.63, 3.8) is 0 Å². The summed E-state index contributed by atoms with van der Waals surface area (Å²) in [5, 5.41) is 4.07. The minimum absolute atomic E-state index is 0.00367. The summed E-state index contributed by atoms with van der Waals surface area (Å²) in [6.45, 7) is 2.07. The van der Waals surface area contributed by atoms with Crippen molar-refractivity contribution in [2.45, 2.75) is 19.9 Å². The second kappa shape index (κ2) is 7.02. The predicted octanol–water partition coefficient (Wildman–Crippen LogP) is 1.91. The normalized spacial score (nSPS) is 11.9. The van der Waals surface area contributed by atoms with Crippen LogP contribution in [0.25, 0.3) is 10.2 Å². The highest BCUT2D eigenvalue weighted by molar-refractivity contribution is 7.16. The molecule has 0 bridgehead atoms. The summed E-state index contributed by atoms with van der Waals surface area (Å²) in [5.41, 5.74) is 2.29. The zero-order valence-electron chi connectivity index (χ0n) is 14.2. The molecule has 2 aromatic heterocycles. The Kier molecular flexibility index (Phi) is 4.80. The van der Waals surface area contributed by atoms with Gasteiger partial charge in [0.15, 0.2) is 10.5 Å². The Balaban J connectivity index is 2.14. The Labute approximate surface area is 148 Å². The lowest BCUT2D eigenvalue weighted by atomic mass is 10.2. The number of rotatable bonds is 4. The van der Waals surface area contributed by atoms with E-state index in [0.717, 1.165) is 16.6 Å². The fourth-order valence-electron chi connectivity index (χ4n) is 2.44. The van der Waals surface area contributed by atoms with E-state index in [-0.39, 0.29) is 12.2 Å². The average Bonchev–Trinajstić information content (AvgIpc) is 3.18. The molecule has 0 fully saturated rings.